The van der Waals surface area contributed by atoms with Crippen LogP contribution in [0.4, 0.5) is 0 Å². The van der Waals surface area contributed by atoms with Gasteiger partial charge in [-0.05, 0) is 91.3 Å². The van der Waals surface area contributed by atoms with E-state index < -0.39 is 193 Å². The molecule has 3 aromatic carbocycles. The number of imidazole rings is 1. The molecule has 0 spiro atoms. The Kier molecular flexibility index (Phi) is 37.1. The summed E-state index contributed by atoms with van der Waals surface area (Å²) in [5.74, 6) is -15.0. The molecule has 0 radical (unpaired) electrons. The summed E-state index contributed by atoms with van der Waals surface area (Å²) < 4.78 is 0. The van der Waals surface area contributed by atoms with Crippen molar-refractivity contribution in [1.29, 1.82) is 5.41 Å². The van der Waals surface area contributed by atoms with E-state index in [4.69, 9.17) is 22.6 Å². The van der Waals surface area contributed by atoms with E-state index in [1.807, 2.05) is 18.2 Å². The van der Waals surface area contributed by atoms with Crippen LogP contribution in [-0.2, 0) is 108 Å². The van der Waals surface area contributed by atoms with Crippen LogP contribution >= 0.6 is 35.3 Å². The van der Waals surface area contributed by atoms with Gasteiger partial charge in [0.2, 0.25) is 82.7 Å². The highest BCUT2D eigenvalue weighted by Crippen LogP contribution is 2.26. The number of fused-ring (bicyclic) bond motifs is 6. The number of thioether (sulfide) groups is 3. The van der Waals surface area contributed by atoms with Crippen molar-refractivity contribution in [1.82, 2.24) is 84.0 Å². The van der Waals surface area contributed by atoms with Crippen molar-refractivity contribution in [2.45, 2.75) is 194 Å². The van der Waals surface area contributed by atoms with Gasteiger partial charge in [-0.3, -0.25) is 77.3 Å². The molecule has 4 bridgehead atoms. The third kappa shape index (κ3) is 31.2. The molecular formula is C76H106N20O18S3. The van der Waals surface area contributed by atoms with Gasteiger partial charge in [0.05, 0.1) is 31.1 Å². The Balaban J connectivity index is 1.34. The number of aromatic hydroxyl groups is 1. The van der Waals surface area contributed by atoms with Crippen LogP contribution in [0.3, 0.4) is 0 Å². The number of rotatable bonds is 21. The van der Waals surface area contributed by atoms with E-state index in [1.165, 1.54) is 72.1 Å². The molecule has 41 heteroatoms. The number of phenolic OH excluding ortho intramolecular Hbond substituents is 1. The fourth-order valence-electron chi connectivity index (χ4n) is 12.9. The number of primary amides is 2. The van der Waals surface area contributed by atoms with Gasteiger partial charge >= 0.3 is 5.97 Å². The van der Waals surface area contributed by atoms with Crippen molar-refractivity contribution < 1.29 is 87.2 Å². The van der Waals surface area contributed by atoms with Crippen LogP contribution in [-0.4, -0.2) is 247 Å². The summed E-state index contributed by atoms with van der Waals surface area (Å²) in [4.78, 5) is 221. The Morgan fingerprint density at radius 1 is 0.607 bits per heavy atom. The van der Waals surface area contributed by atoms with Gasteiger partial charge in [0.25, 0.3) is 0 Å². The highest BCUT2D eigenvalue weighted by molar-refractivity contribution is 7.99. The number of nitrogens with two attached hydrogens (primary N) is 3. The smallest absolute Gasteiger partial charge is 0.305 e. The normalized spacial score (nSPS) is 24.8. The number of carbonyl (C=O) groups excluding carboxylic acids is 14. The molecule has 13 atom stereocenters. The topological polar surface area (TPSA) is 607 Å². The first-order valence-electron chi connectivity index (χ1n) is 38.2. The maximum Gasteiger partial charge on any atom is 0.305 e. The summed E-state index contributed by atoms with van der Waals surface area (Å²) in [6.45, 7) is 5.18. The van der Waals surface area contributed by atoms with Gasteiger partial charge in [-0.1, -0.05) is 74.5 Å². The minimum absolute atomic E-state index is 0.00409. The number of amides is 14. The monoisotopic (exact) mass is 1680 g/mol. The number of unbranched alkanes of at least 4 members (excludes halogenated alkanes) is 1. The maximum absolute atomic E-state index is 15.3. The number of carboxylic acids is 1. The second kappa shape index (κ2) is 46.6. The number of aromatic nitrogens is 2. The minimum Gasteiger partial charge on any atom is -0.508 e. The number of phenols is 1. The number of guanidine groups is 1. The zero-order valence-electron chi connectivity index (χ0n) is 65.3. The summed E-state index contributed by atoms with van der Waals surface area (Å²) in [6, 6.07) is 0.936. The number of hydrogen-bond acceptors (Lipinski definition) is 23. The standard InChI is InChI=1S/C76H106N20O18S3/c1-40(2)22-53-68(107)94-58(64(78)103)36-115-33-45-23-46-25-47(24-45)35-117-38-60(72(111)85-41(3)30-83-52(28-48-31-81-39-84-48)67(106)88-51(17-18-62(77)100)66(105)90-55(29-63(101)102)70(109)89-53)95-65(104)50(12-8-9-20-82-76(79)80)87-69(108)54(26-44-13-15-49(99)16-14-44)91-74(113)61-19-21-96(61)75(114)56(27-43-10-6-5-7-11-43)92-71(110)57(32-97)93-73(112)59(37-116-34-46)86-42(4)98/h5-7,10-11,13-16,23-25,31,39-41,50-61,83,97,99H,8-9,12,17-22,26-30,32-38H2,1-4H3,(H2,77,100)(H2,78,103)(H,81,84)(H,85,111)(H,86,98)(H,87,108)(H,88,106)(H,89,109)(H,90,105)(H,91,113)(H,92,110)(H,93,112)(H,94,107)(H,95,104)(H,101,102)(H4,79,80,82). The number of H-pyrrole nitrogens is 1. The van der Waals surface area contributed by atoms with Crippen LogP contribution in [0.15, 0.2) is 85.3 Å². The van der Waals surface area contributed by atoms with E-state index in [2.05, 4.69) is 79.1 Å². The number of hydrogen-bond donors (Lipinski definition) is 21. The van der Waals surface area contributed by atoms with Crippen LogP contribution in [0.2, 0.25) is 0 Å². The number of nitrogens with zero attached hydrogens (tertiary/aromatic N) is 2. The van der Waals surface area contributed by atoms with E-state index in [0.29, 0.717) is 39.9 Å². The number of aliphatic hydroxyl groups excluding tert-OH is 1. The first-order valence-corrected chi connectivity index (χ1v) is 41.7. The third-order valence-corrected chi connectivity index (χ3v) is 22.3. The molecule has 38 nitrogen and oxygen atoms in total. The maximum atomic E-state index is 15.3. The van der Waals surface area contributed by atoms with Gasteiger partial charge < -0.3 is 112 Å². The average Bonchev–Trinajstić information content (AvgIpc) is 0.822. The molecule has 4 aromatic rings. The van der Waals surface area contributed by atoms with Gasteiger partial charge in [0, 0.05) is 99.0 Å². The zero-order chi connectivity index (χ0) is 85.4. The average molecular weight is 1680 g/mol. The van der Waals surface area contributed by atoms with E-state index in [-0.39, 0.29) is 117 Å². The number of aliphatic hydroxyl groups is 1. The Labute approximate surface area is 688 Å². The van der Waals surface area contributed by atoms with Gasteiger partial charge in [-0.2, -0.15) is 35.3 Å². The molecule has 1 aromatic heterocycles. The van der Waals surface area contributed by atoms with E-state index in [1.54, 1.807) is 51.1 Å². The van der Waals surface area contributed by atoms with Crippen LogP contribution in [0.1, 0.15) is 113 Å². The van der Waals surface area contributed by atoms with Crippen molar-refractivity contribution >= 4 is 130 Å². The lowest BCUT2D eigenvalue weighted by molar-refractivity contribution is -0.150. The summed E-state index contributed by atoms with van der Waals surface area (Å²) >= 11 is 3.53. The van der Waals surface area contributed by atoms with Gasteiger partial charge in [-0.25, -0.2) is 4.98 Å². The van der Waals surface area contributed by atoms with Crippen molar-refractivity contribution in [3.05, 3.63) is 119 Å². The molecule has 117 heavy (non-hydrogen) atoms. The van der Waals surface area contributed by atoms with E-state index >= 15 is 14.4 Å². The molecule has 7 rings (SSSR count). The lowest BCUT2D eigenvalue weighted by atomic mass is 9.96. The molecule has 24 N–H and O–H groups in total. The molecule has 1 saturated heterocycles. The minimum atomic E-state index is -1.92. The number of carboxylic acid groups (broad SMARTS) is 1. The second-order valence-electron chi connectivity index (χ2n) is 29.2. The zero-order valence-corrected chi connectivity index (χ0v) is 67.8. The molecule has 14 amide bonds. The van der Waals surface area contributed by atoms with E-state index in [0.717, 1.165) is 11.8 Å². The number of aliphatic carboxylic acids is 1. The van der Waals surface area contributed by atoms with Gasteiger partial charge in [-0.15, -0.1) is 0 Å². The molecule has 0 aliphatic carbocycles. The van der Waals surface area contributed by atoms with Crippen molar-refractivity contribution in [3.8, 4) is 5.75 Å². The quantitative estimate of drug-likeness (QED) is 0.0218. The largest absolute Gasteiger partial charge is 0.508 e. The van der Waals surface area contributed by atoms with Crippen molar-refractivity contribution in [2.24, 2.45) is 23.1 Å². The number of aromatic amines is 1. The number of nitrogens with one attached hydrogen (secondary N) is 15. The van der Waals surface area contributed by atoms with Crippen molar-refractivity contribution in [2.75, 3.05) is 43.5 Å². The van der Waals surface area contributed by atoms with E-state index in [9.17, 15) is 72.9 Å². The van der Waals surface area contributed by atoms with Gasteiger partial charge in [0.1, 0.15) is 72.2 Å². The summed E-state index contributed by atoms with van der Waals surface area (Å²) in [5.41, 5.74) is 20.3. The highest BCUT2D eigenvalue weighted by Gasteiger charge is 2.44. The highest BCUT2D eigenvalue weighted by atomic mass is 32.2. The second-order valence-corrected chi connectivity index (χ2v) is 32.3. The molecular weight excluding hydrogens is 1580 g/mol. The Morgan fingerprint density at radius 3 is 1.74 bits per heavy atom. The first-order chi connectivity index (χ1) is 55.7. The van der Waals surface area contributed by atoms with Crippen LogP contribution in [0, 0.1) is 11.3 Å². The van der Waals surface area contributed by atoms with Crippen LogP contribution in [0.5, 0.6) is 5.75 Å². The fourth-order valence-corrected chi connectivity index (χ4v) is 15.8. The van der Waals surface area contributed by atoms with Crippen molar-refractivity contribution in [3.63, 3.8) is 0 Å². The Hall–Kier alpha value is -11.0. The molecule has 3 aliphatic rings. The predicted octanol–water partition coefficient (Wildman–Crippen LogP) is -3.58. The molecule has 636 valence electrons. The summed E-state index contributed by atoms with van der Waals surface area (Å²) in [6.07, 6.45) is 0.646. The lowest BCUT2D eigenvalue weighted by Gasteiger charge is -2.42. The number of benzene rings is 3. The number of carbonyl (C=O) groups is 15. The van der Waals surface area contributed by atoms with Gasteiger partial charge in [0.15, 0.2) is 5.96 Å². The van der Waals surface area contributed by atoms with Crippen LogP contribution < -0.4 is 86.3 Å². The Morgan fingerprint density at radius 2 is 1.15 bits per heavy atom. The molecule has 13 unspecified atom stereocenters. The molecule has 1 fully saturated rings. The summed E-state index contributed by atoms with van der Waals surface area (Å²) in [5, 5.41) is 73.8. The SMILES string of the molecule is CC(=O)NC1CSCc2cc3cc(c2)CSCC(NC(=O)C(CCCCNC(=N)N)NC(=O)C(Cc2ccc(O)cc2)NC(=O)C2CCN2C(=O)C(Cc2ccccc2)NC(=O)C(CO)NC1=O)C(=O)NC(C)CNC(Cc1c[nH]cn1)C(=O)NC(CCC(N)=O)C(=O)NC(CC(=O)O)C(=O)NC(CC(C)C)C(=O)NC(C(N)=O)CSC3. The van der Waals surface area contributed by atoms with Crippen LogP contribution in [0.25, 0.3) is 0 Å². The lowest BCUT2D eigenvalue weighted by Crippen LogP contribution is -2.65. The fraction of sp³-hybridized carbons (Fsp3) is 0.513. The third-order valence-electron chi connectivity index (χ3n) is 19.0. The molecule has 4 heterocycles. The molecule has 0 saturated carbocycles. The Bertz CT molecular complexity index is 4150. The summed E-state index contributed by atoms with van der Waals surface area (Å²) in [7, 11) is 0. The molecule has 3 aliphatic heterocycles. The first kappa shape index (κ1) is 93.1. The predicted molar refractivity (Wildman–Crippen MR) is 434 cm³/mol.